The number of benzene rings is 1. The van der Waals surface area contributed by atoms with Crippen LogP contribution in [0.2, 0.25) is 0 Å². The molecule has 112 valence electrons. The number of nitrogens with zero attached hydrogens (tertiary/aromatic N) is 1. The van der Waals surface area contributed by atoms with Crippen LogP contribution in [0.1, 0.15) is 29.0 Å². The van der Waals surface area contributed by atoms with Gasteiger partial charge in [-0.05, 0) is 18.6 Å². The van der Waals surface area contributed by atoms with Crippen molar-refractivity contribution in [3.8, 4) is 5.75 Å². The molecule has 0 radical (unpaired) electrons. The first-order chi connectivity index (χ1) is 10.7. The summed E-state index contributed by atoms with van der Waals surface area (Å²) in [5.74, 6) is 0.711. The average molecular weight is 295 g/mol. The molecule has 0 saturated heterocycles. The van der Waals surface area contributed by atoms with Crippen LogP contribution >= 0.6 is 0 Å². The van der Waals surface area contributed by atoms with Gasteiger partial charge in [0.25, 0.3) is 0 Å². The van der Waals surface area contributed by atoms with E-state index >= 15 is 0 Å². The van der Waals surface area contributed by atoms with Crippen molar-refractivity contribution in [2.45, 2.75) is 25.5 Å². The second-order valence-corrected chi connectivity index (χ2v) is 5.81. The summed E-state index contributed by atoms with van der Waals surface area (Å²) in [5, 5.41) is 0. The van der Waals surface area contributed by atoms with Crippen LogP contribution in [-0.4, -0.2) is 12.8 Å². The average Bonchev–Trinajstić information content (AvgIpc) is 2.54. The Labute approximate surface area is 128 Å². The Hall–Kier alpha value is -2.49. The molecule has 1 aromatic carbocycles. The lowest BCUT2D eigenvalue weighted by Crippen LogP contribution is -2.48. The van der Waals surface area contributed by atoms with Gasteiger partial charge in [-0.15, -0.1) is 6.58 Å². The molecule has 1 aromatic heterocycles. The first-order valence-corrected chi connectivity index (χ1v) is 7.46. The predicted molar refractivity (Wildman–Crippen MR) is 84.6 cm³/mol. The molecule has 0 saturated carbocycles. The number of aryl methyl sites for hydroxylation is 1. The molecule has 0 N–H and O–H groups in total. The van der Waals surface area contributed by atoms with Gasteiger partial charge in [-0.25, -0.2) is 4.79 Å². The Bertz CT molecular complexity index is 808. The number of ether oxygens (including phenoxy) is 1. The van der Waals surface area contributed by atoms with Crippen LogP contribution < -0.4 is 15.3 Å². The van der Waals surface area contributed by atoms with Crippen LogP contribution in [0.15, 0.2) is 52.4 Å². The molecular formula is C18H17NO3. The zero-order valence-corrected chi connectivity index (χ0v) is 12.4. The van der Waals surface area contributed by atoms with Gasteiger partial charge in [0.1, 0.15) is 12.0 Å². The highest BCUT2D eigenvalue weighted by atomic mass is 16.5. The fourth-order valence-corrected chi connectivity index (χ4v) is 3.55. The number of hydrogen-bond donors (Lipinski definition) is 0. The van der Waals surface area contributed by atoms with Crippen LogP contribution in [-0.2, 0) is 0 Å². The topological polar surface area (TPSA) is 42.7 Å². The van der Waals surface area contributed by atoms with Crippen molar-refractivity contribution in [3.05, 3.63) is 70.3 Å². The van der Waals surface area contributed by atoms with E-state index in [1.165, 1.54) is 6.26 Å². The molecule has 2 atom stereocenters. The number of rotatable bonds is 2. The Balaban J connectivity index is 1.97. The first-order valence-electron chi connectivity index (χ1n) is 7.46. The van der Waals surface area contributed by atoms with Gasteiger partial charge in [0.15, 0.2) is 6.23 Å². The Morgan fingerprint density at radius 3 is 3.05 bits per heavy atom. The minimum absolute atomic E-state index is 0.0298. The molecule has 0 amide bonds. The maximum absolute atomic E-state index is 12.3. The van der Waals surface area contributed by atoms with Crippen molar-refractivity contribution in [1.29, 1.82) is 0 Å². The van der Waals surface area contributed by atoms with Crippen LogP contribution in [0.4, 0.5) is 5.69 Å². The van der Waals surface area contributed by atoms with Crippen molar-refractivity contribution < 1.29 is 9.15 Å². The zero-order valence-electron chi connectivity index (χ0n) is 12.4. The molecule has 3 heterocycles. The number of anilines is 1. The van der Waals surface area contributed by atoms with E-state index in [0.29, 0.717) is 17.9 Å². The molecule has 2 bridgehead atoms. The van der Waals surface area contributed by atoms with Gasteiger partial charge in [0.05, 0.1) is 5.56 Å². The molecule has 22 heavy (non-hydrogen) atoms. The summed E-state index contributed by atoms with van der Waals surface area (Å²) in [6.45, 7) is 6.47. The van der Waals surface area contributed by atoms with Crippen LogP contribution in [0.5, 0.6) is 5.75 Å². The monoisotopic (exact) mass is 295 g/mol. The largest absolute Gasteiger partial charge is 0.470 e. The third-order valence-electron chi connectivity index (χ3n) is 4.50. The van der Waals surface area contributed by atoms with E-state index < -0.39 is 0 Å². The van der Waals surface area contributed by atoms with Gasteiger partial charge >= 0.3 is 5.63 Å². The van der Waals surface area contributed by atoms with Gasteiger partial charge < -0.3 is 14.1 Å². The minimum Gasteiger partial charge on any atom is -0.470 e. The lowest BCUT2D eigenvalue weighted by atomic mass is 9.81. The Morgan fingerprint density at radius 1 is 1.41 bits per heavy atom. The molecule has 4 rings (SSSR count). The standard InChI is InChI=1S/C18H17NO3/c1-3-8-19-14-7-5-4-6-12(14)13-9-15(19)22-17-11(2)10-21-18(20)16(13)17/h3-7,10,13,15H,1,8-9H2,2H3. The molecule has 0 aliphatic carbocycles. The van der Waals surface area contributed by atoms with Gasteiger partial charge in [-0.1, -0.05) is 24.3 Å². The van der Waals surface area contributed by atoms with Crippen LogP contribution in [0.3, 0.4) is 0 Å². The lowest BCUT2D eigenvalue weighted by molar-refractivity contribution is 0.149. The fraction of sp³-hybridized carbons (Fsp3) is 0.278. The van der Waals surface area contributed by atoms with Crippen molar-refractivity contribution in [2.75, 3.05) is 11.4 Å². The SMILES string of the molecule is C=CCN1c2ccccc2C2CC1Oc1c(C)coc(=O)c12. The van der Waals surface area contributed by atoms with E-state index in [9.17, 15) is 4.79 Å². The molecular weight excluding hydrogens is 278 g/mol. The summed E-state index contributed by atoms with van der Waals surface area (Å²) >= 11 is 0. The highest BCUT2D eigenvalue weighted by molar-refractivity contribution is 5.63. The maximum atomic E-state index is 12.3. The van der Waals surface area contributed by atoms with Crippen LogP contribution in [0, 0.1) is 6.92 Å². The van der Waals surface area contributed by atoms with E-state index in [-0.39, 0.29) is 17.8 Å². The minimum atomic E-state index is -0.295. The summed E-state index contributed by atoms with van der Waals surface area (Å²) in [5.41, 5.74) is 3.48. The second kappa shape index (κ2) is 4.77. The molecule has 2 aromatic rings. The molecule has 0 spiro atoms. The third-order valence-corrected chi connectivity index (χ3v) is 4.50. The maximum Gasteiger partial charge on any atom is 0.343 e. The highest BCUT2D eigenvalue weighted by Crippen LogP contribution is 2.48. The summed E-state index contributed by atoms with van der Waals surface area (Å²) < 4.78 is 11.3. The smallest absolute Gasteiger partial charge is 0.343 e. The normalized spacial score (nSPS) is 21.6. The molecule has 4 nitrogen and oxygen atoms in total. The Kier molecular flexibility index (Phi) is 2.86. The van der Waals surface area contributed by atoms with Gasteiger partial charge in [-0.2, -0.15) is 0 Å². The molecule has 4 heteroatoms. The van der Waals surface area contributed by atoms with Crippen LogP contribution in [0.25, 0.3) is 0 Å². The molecule has 2 unspecified atom stereocenters. The lowest BCUT2D eigenvalue weighted by Gasteiger charge is -2.45. The number of fused-ring (bicyclic) bond motifs is 6. The van der Waals surface area contributed by atoms with E-state index in [1.807, 2.05) is 25.1 Å². The first kappa shape index (κ1) is 13.2. The van der Waals surface area contributed by atoms with E-state index in [4.69, 9.17) is 9.15 Å². The van der Waals surface area contributed by atoms with Gasteiger partial charge in [0.2, 0.25) is 0 Å². The Morgan fingerprint density at radius 2 is 2.23 bits per heavy atom. The summed E-state index contributed by atoms with van der Waals surface area (Å²) in [6.07, 6.45) is 4.03. The fourth-order valence-electron chi connectivity index (χ4n) is 3.55. The predicted octanol–water partition coefficient (Wildman–Crippen LogP) is 3.19. The van der Waals surface area contributed by atoms with Crippen molar-refractivity contribution in [2.24, 2.45) is 0 Å². The third kappa shape index (κ3) is 1.73. The molecule has 2 aliphatic heterocycles. The van der Waals surface area contributed by atoms with Crippen molar-refractivity contribution in [3.63, 3.8) is 0 Å². The quantitative estimate of drug-likeness (QED) is 0.798. The number of hydrogen-bond acceptors (Lipinski definition) is 4. The van der Waals surface area contributed by atoms with Crippen molar-refractivity contribution in [1.82, 2.24) is 0 Å². The van der Waals surface area contributed by atoms with E-state index in [1.54, 1.807) is 0 Å². The summed E-state index contributed by atoms with van der Waals surface area (Å²) in [4.78, 5) is 14.5. The summed E-state index contributed by atoms with van der Waals surface area (Å²) in [7, 11) is 0. The van der Waals surface area contributed by atoms with Crippen molar-refractivity contribution >= 4 is 5.69 Å². The zero-order chi connectivity index (χ0) is 15.3. The van der Waals surface area contributed by atoms with Gasteiger partial charge in [0, 0.05) is 30.1 Å². The van der Waals surface area contributed by atoms with E-state index in [0.717, 1.165) is 23.2 Å². The number of para-hydroxylation sites is 1. The summed E-state index contributed by atoms with van der Waals surface area (Å²) in [6, 6.07) is 8.18. The second-order valence-electron chi connectivity index (χ2n) is 5.81. The highest BCUT2D eigenvalue weighted by Gasteiger charge is 2.41. The molecule has 0 fully saturated rings. The van der Waals surface area contributed by atoms with Gasteiger partial charge in [-0.3, -0.25) is 0 Å². The molecule has 2 aliphatic rings. The van der Waals surface area contributed by atoms with E-state index in [2.05, 4.69) is 23.6 Å².